The van der Waals surface area contributed by atoms with Crippen LogP contribution in [0.2, 0.25) is 0 Å². The number of pyridine rings is 2. The van der Waals surface area contributed by atoms with Crippen molar-refractivity contribution in [2.75, 3.05) is 13.1 Å². The quantitative estimate of drug-likeness (QED) is 0.421. The Hall–Kier alpha value is -3.77. The van der Waals surface area contributed by atoms with Gasteiger partial charge < -0.3 is 10.3 Å². The molecule has 0 amide bonds. The van der Waals surface area contributed by atoms with Gasteiger partial charge in [0.1, 0.15) is 5.69 Å². The van der Waals surface area contributed by atoms with E-state index in [-0.39, 0.29) is 0 Å². The summed E-state index contributed by atoms with van der Waals surface area (Å²) in [6.45, 7) is 1.95. The Morgan fingerprint density at radius 3 is 2.57 bits per heavy atom. The molecular formula is C24H20N6. The number of fused-ring (bicyclic) bond motifs is 2. The van der Waals surface area contributed by atoms with Gasteiger partial charge in [-0.3, -0.25) is 15.1 Å². The minimum Gasteiger partial charge on any atom is -0.353 e. The first-order chi connectivity index (χ1) is 14.9. The van der Waals surface area contributed by atoms with Crippen LogP contribution in [0.3, 0.4) is 0 Å². The van der Waals surface area contributed by atoms with Crippen molar-refractivity contribution in [3.63, 3.8) is 0 Å². The predicted octanol–water partition coefficient (Wildman–Crippen LogP) is 4.54. The van der Waals surface area contributed by atoms with Crippen molar-refractivity contribution in [3.05, 3.63) is 72.7 Å². The van der Waals surface area contributed by atoms with Crippen LogP contribution in [0.15, 0.2) is 67.1 Å². The molecular weight excluding hydrogens is 372 g/mol. The van der Waals surface area contributed by atoms with Gasteiger partial charge in [-0.1, -0.05) is 12.1 Å². The van der Waals surface area contributed by atoms with Crippen molar-refractivity contribution >= 4 is 27.4 Å². The molecule has 5 heterocycles. The summed E-state index contributed by atoms with van der Waals surface area (Å²) < 4.78 is 0. The minimum absolute atomic E-state index is 0.929. The molecule has 0 atom stereocenters. The second-order valence-electron chi connectivity index (χ2n) is 7.56. The molecule has 6 heteroatoms. The third kappa shape index (κ3) is 2.81. The van der Waals surface area contributed by atoms with Crippen molar-refractivity contribution in [1.29, 1.82) is 0 Å². The summed E-state index contributed by atoms with van der Waals surface area (Å²) in [5.74, 6) is 0. The zero-order chi connectivity index (χ0) is 19.9. The molecule has 6 nitrogen and oxygen atoms in total. The molecule has 0 bridgehead atoms. The Morgan fingerprint density at radius 1 is 0.800 bits per heavy atom. The number of aromatic nitrogens is 5. The fourth-order valence-corrected chi connectivity index (χ4v) is 4.23. The number of aromatic amines is 2. The van der Waals surface area contributed by atoms with Crippen LogP contribution in [0.5, 0.6) is 0 Å². The molecule has 1 aliphatic rings. The van der Waals surface area contributed by atoms with Gasteiger partial charge in [0.2, 0.25) is 0 Å². The second-order valence-corrected chi connectivity index (χ2v) is 7.56. The molecule has 0 spiro atoms. The Kier molecular flexibility index (Phi) is 3.95. The molecule has 0 fully saturated rings. The highest BCUT2D eigenvalue weighted by atomic mass is 15.1. The maximum Gasteiger partial charge on any atom is 0.116 e. The van der Waals surface area contributed by atoms with Crippen molar-refractivity contribution in [3.8, 4) is 22.6 Å². The summed E-state index contributed by atoms with van der Waals surface area (Å²) in [5, 5.41) is 13.4. The van der Waals surface area contributed by atoms with Crippen LogP contribution in [0.1, 0.15) is 12.0 Å². The van der Waals surface area contributed by atoms with E-state index < -0.39 is 0 Å². The summed E-state index contributed by atoms with van der Waals surface area (Å²) in [4.78, 5) is 12.3. The van der Waals surface area contributed by atoms with Crippen molar-refractivity contribution in [1.82, 2.24) is 30.5 Å². The maximum absolute atomic E-state index is 4.63. The predicted molar refractivity (Wildman–Crippen MR) is 120 cm³/mol. The molecule has 0 aliphatic carbocycles. The molecule has 0 saturated carbocycles. The SMILES string of the molecule is C1=C(c2ccc3[nH]nc(-c4cc5c(-c6ccncc6)nccc5[nH]4)c3c2)CCNC1. The highest BCUT2D eigenvalue weighted by Gasteiger charge is 2.15. The molecule has 0 saturated heterocycles. The maximum atomic E-state index is 4.63. The summed E-state index contributed by atoms with van der Waals surface area (Å²) >= 11 is 0. The lowest BCUT2D eigenvalue weighted by Gasteiger charge is -2.14. The van der Waals surface area contributed by atoms with Gasteiger partial charge in [-0.05, 0) is 60.5 Å². The van der Waals surface area contributed by atoms with Crippen LogP contribution < -0.4 is 5.32 Å². The second kappa shape index (κ2) is 6.93. The fourth-order valence-electron chi connectivity index (χ4n) is 4.23. The summed E-state index contributed by atoms with van der Waals surface area (Å²) in [5.41, 5.74) is 8.64. The number of benzene rings is 1. The highest BCUT2D eigenvalue weighted by Crippen LogP contribution is 2.34. The van der Waals surface area contributed by atoms with E-state index in [0.29, 0.717) is 0 Å². The first kappa shape index (κ1) is 17.1. The van der Waals surface area contributed by atoms with Gasteiger partial charge in [0.15, 0.2) is 0 Å². The van der Waals surface area contributed by atoms with Crippen LogP contribution >= 0.6 is 0 Å². The van der Waals surface area contributed by atoms with E-state index in [1.807, 2.05) is 24.4 Å². The van der Waals surface area contributed by atoms with Gasteiger partial charge in [0.25, 0.3) is 0 Å². The third-order valence-electron chi connectivity index (χ3n) is 5.75. The highest BCUT2D eigenvalue weighted by molar-refractivity contribution is 6.00. The molecule has 0 radical (unpaired) electrons. The van der Waals surface area contributed by atoms with Gasteiger partial charge in [0.05, 0.1) is 16.9 Å². The molecule has 1 aliphatic heterocycles. The van der Waals surface area contributed by atoms with Gasteiger partial charge >= 0.3 is 0 Å². The number of nitrogens with one attached hydrogen (secondary N) is 3. The topological polar surface area (TPSA) is 82.3 Å². The Labute approximate surface area is 173 Å². The van der Waals surface area contributed by atoms with E-state index in [2.05, 4.69) is 60.8 Å². The smallest absolute Gasteiger partial charge is 0.116 e. The Balaban J connectivity index is 1.50. The first-order valence-electron chi connectivity index (χ1n) is 10.1. The molecule has 4 aromatic heterocycles. The first-order valence-corrected chi connectivity index (χ1v) is 10.1. The summed E-state index contributed by atoms with van der Waals surface area (Å²) in [6.07, 6.45) is 8.75. The van der Waals surface area contributed by atoms with Crippen LogP contribution in [0.4, 0.5) is 0 Å². The van der Waals surface area contributed by atoms with Gasteiger partial charge in [-0.15, -0.1) is 0 Å². The summed E-state index contributed by atoms with van der Waals surface area (Å²) in [7, 11) is 0. The lowest BCUT2D eigenvalue weighted by Crippen LogP contribution is -2.19. The molecule has 1 aromatic carbocycles. The zero-order valence-corrected chi connectivity index (χ0v) is 16.3. The van der Waals surface area contributed by atoms with Gasteiger partial charge in [-0.2, -0.15) is 5.10 Å². The largest absolute Gasteiger partial charge is 0.353 e. The number of rotatable bonds is 3. The average Bonchev–Trinajstić information content (AvgIpc) is 3.43. The van der Waals surface area contributed by atoms with E-state index >= 15 is 0 Å². The Bertz CT molecular complexity index is 1390. The van der Waals surface area contributed by atoms with Crippen molar-refractivity contribution < 1.29 is 0 Å². The van der Waals surface area contributed by atoms with Crippen LogP contribution in [-0.2, 0) is 0 Å². The number of hydrogen-bond acceptors (Lipinski definition) is 4. The molecule has 5 aromatic rings. The van der Waals surface area contributed by atoms with Crippen molar-refractivity contribution in [2.45, 2.75) is 6.42 Å². The molecule has 146 valence electrons. The molecule has 30 heavy (non-hydrogen) atoms. The number of nitrogens with zero attached hydrogens (tertiary/aromatic N) is 3. The van der Waals surface area contributed by atoms with Crippen LogP contribution in [-0.4, -0.2) is 38.2 Å². The van der Waals surface area contributed by atoms with Gasteiger partial charge in [-0.25, -0.2) is 0 Å². The normalized spacial score (nSPS) is 14.3. The van der Waals surface area contributed by atoms with E-state index in [0.717, 1.165) is 64.0 Å². The monoisotopic (exact) mass is 392 g/mol. The van der Waals surface area contributed by atoms with Crippen LogP contribution in [0.25, 0.3) is 50.0 Å². The minimum atomic E-state index is 0.929. The lowest BCUT2D eigenvalue weighted by molar-refractivity contribution is 0.739. The fraction of sp³-hybridized carbons (Fsp3) is 0.125. The zero-order valence-electron chi connectivity index (χ0n) is 16.3. The molecule has 3 N–H and O–H groups in total. The van der Waals surface area contributed by atoms with Crippen molar-refractivity contribution in [2.24, 2.45) is 0 Å². The number of hydrogen-bond donors (Lipinski definition) is 3. The van der Waals surface area contributed by atoms with E-state index in [1.165, 1.54) is 11.1 Å². The number of H-pyrrole nitrogens is 2. The van der Waals surface area contributed by atoms with Crippen LogP contribution in [0, 0.1) is 0 Å². The Morgan fingerprint density at radius 2 is 1.70 bits per heavy atom. The average molecular weight is 392 g/mol. The lowest BCUT2D eigenvalue weighted by atomic mass is 9.98. The summed E-state index contributed by atoms with van der Waals surface area (Å²) in [6, 6.07) is 14.7. The van der Waals surface area contributed by atoms with E-state index in [9.17, 15) is 0 Å². The van der Waals surface area contributed by atoms with E-state index in [4.69, 9.17) is 0 Å². The molecule has 6 rings (SSSR count). The molecule has 0 unspecified atom stereocenters. The van der Waals surface area contributed by atoms with Gasteiger partial charge in [0, 0.05) is 47.0 Å². The third-order valence-corrected chi connectivity index (χ3v) is 5.75. The van der Waals surface area contributed by atoms with E-state index in [1.54, 1.807) is 12.4 Å². The standard InChI is InChI=1S/C24H20N6/c1-2-21-18(13-17(1)15-3-8-25-9-4-15)24(30-29-21)22-14-19-20(28-22)7-12-27-23(19)16-5-10-26-11-6-16/h1-3,5-7,10-14,25,28H,4,8-9H2,(H,29,30).